The first-order valence-electron chi connectivity index (χ1n) is 10.7. The van der Waals surface area contributed by atoms with Gasteiger partial charge < -0.3 is 15.4 Å². The largest absolute Gasteiger partial charge is 0.469 e. The predicted octanol–water partition coefficient (Wildman–Crippen LogP) is 3.23. The molecule has 0 atom stereocenters. The molecule has 1 aliphatic rings. The van der Waals surface area contributed by atoms with Crippen molar-refractivity contribution in [2.45, 2.75) is 25.7 Å². The number of pyridine rings is 2. The highest BCUT2D eigenvalue weighted by Crippen LogP contribution is 2.31. The van der Waals surface area contributed by atoms with Gasteiger partial charge in [0.1, 0.15) is 5.82 Å². The lowest BCUT2D eigenvalue weighted by molar-refractivity contribution is -0.384. The highest BCUT2D eigenvalue weighted by atomic mass is 16.6. The summed E-state index contributed by atoms with van der Waals surface area (Å²) >= 11 is 0. The molecule has 0 aliphatic heterocycles. The van der Waals surface area contributed by atoms with Crippen LogP contribution in [0, 0.1) is 22.0 Å². The zero-order valence-corrected chi connectivity index (χ0v) is 18.4. The van der Waals surface area contributed by atoms with Gasteiger partial charge in [0.15, 0.2) is 5.82 Å². The van der Waals surface area contributed by atoms with Gasteiger partial charge >= 0.3 is 11.7 Å². The number of anilines is 3. The van der Waals surface area contributed by atoms with Gasteiger partial charge in [-0.25, -0.2) is 14.6 Å². The molecular formula is C22H23N7O5. The first-order chi connectivity index (χ1) is 16.4. The number of esters is 1. The van der Waals surface area contributed by atoms with Crippen LogP contribution in [0.25, 0.3) is 5.82 Å². The lowest BCUT2D eigenvalue weighted by Crippen LogP contribution is -2.30. The van der Waals surface area contributed by atoms with E-state index in [1.165, 1.54) is 30.1 Å². The number of rotatable bonds is 7. The first kappa shape index (κ1) is 22.8. The molecule has 0 spiro atoms. The maximum absolute atomic E-state index is 12.6. The summed E-state index contributed by atoms with van der Waals surface area (Å²) < 4.78 is 6.27. The van der Waals surface area contributed by atoms with Crippen LogP contribution in [0.2, 0.25) is 0 Å². The summed E-state index contributed by atoms with van der Waals surface area (Å²) in [4.78, 5) is 43.7. The van der Waals surface area contributed by atoms with Crippen molar-refractivity contribution in [1.29, 1.82) is 0 Å². The molecule has 12 heteroatoms. The Morgan fingerprint density at radius 1 is 1.15 bits per heavy atom. The van der Waals surface area contributed by atoms with E-state index in [2.05, 4.69) is 25.7 Å². The van der Waals surface area contributed by atoms with E-state index in [4.69, 9.17) is 4.74 Å². The molecule has 4 rings (SSSR count). The molecule has 3 aromatic rings. The van der Waals surface area contributed by atoms with E-state index in [-0.39, 0.29) is 35.2 Å². The van der Waals surface area contributed by atoms with Gasteiger partial charge in [0, 0.05) is 24.4 Å². The molecule has 2 N–H and O–H groups in total. The van der Waals surface area contributed by atoms with E-state index >= 15 is 0 Å². The van der Waals surface area contributed by atoms with Crippen molar-refractivity contribution >= 4 is 34.9 Å². The molecule has 1 saturated carbocycles. The van der Waals surface area contributed by atoms with Gasteiger partial charge in [-0.3, -0.25) is 19.7 Å². The SMILES string of the molecule is COC(=O)C1CCC(C(=O)Nc2ccc(Nc3nc(-n4cccn4)ccc3[N+](=O)[O-])cn2)CC1. The van der Waals surface area contributed by atoms with Gasteiger partial charge in [-0.15, -0.1) is 0 Å². The number of methoxy groups -OCH3 is 1. The molecule has 34 heavy (non-hydrogen) atoms. The molecule has 0 unspecified atom stereocenters. The number of aromatic nitrogens is 4. The predicted molar refractivity (Wildman–Crippen MR) is 122 cm³/mol. The number of hydrogen-bond donors (Lipinski definition) is 2. The van der Waals surface area contributed by atoms with Crippen LogP contribution in [0.3, 0.4) is 0 Å². The number of carbonyl (C=O) groups excluding carboxylic acids is 2. The Kier molecular flexibility index (Phi) is 6.76. The van der Waals surface area contributed by atoms with E-state index < -0.39 is 4.92 Å². The Morgan fingerprint density at radius 3 is 2.53 bits per heavy atom. The number of amides is 1. The molecule has 176 valence electrons. The average Bonchev–Trinajstić information content (AvgIpc) is 3.40. The summed E-state index contributed by atoms with van der Waals surface area (Å²) in [6.45, 7) is 0. The van der Waals surface area contributed by atoms with Crippen molar-refractivity contribution in [3.8, 4) is 5.82 Å². The summed E-state index contributed by atoms with van der Waals surface area (Å²) in [5.41, 5.74) is 0.264. The van der Waals surface area contributed by atoms with Crippen LogP contribution in [0.5, 0.6) is 0 Å². The number of hydrogen-bond acceptors (Lipinski definition) is 9. The van der Waals surface area contributed by atoms with E-state index in [0.29, 0.717) is 43.0 Å². The van der Waals surface area contributed by atoms with Crippen LogP contribution in [0.15, 0.2) is 48.9 Å². The van der Waals surface area contributed by atoms with Crippen LogP contribution in [-0.4, -0.2) is 43.7 Å². The number of carbonyl (C=O) groups is 2. The highest BCUT2D eigenvalue weighted by Gasteiger charge is 2.30. The zero-order chi connectivity index (χ0) is 24.1. The van der Waals surface area contributed by atoms with Gasteiger partial charge in [0.25, 0.3) is 0 Å². The average molecular weight is 465 g/mol. The second kappa shape index (κ2) is 10.1. The normalized spacial score (nSPS) is 17.6. The molecule has 0 bridgehead atoms. The van der Waals surface area contributed by atoms with Crippen molar-refractivity contribution in [3.05, 3.63) is 59.0 Å². The van der Waals surface area contributed by atoms with E-state index in [1.807, 2.05) is 0 Å². The van der Waals surface area contributed by atoms with E-state index in [9.17, 15) is 19.7 Å². The smallest absolute Gasteiger partial charge is 0.311 e. The number of nitrogens with one attached hydrogen (secondary N) is 2. The van der Waals surface area contributed by atoms with Crippen molar-refractivity contribution in [1.82, 2.24) is 19.7 Å². The van der Waals surface area contributed by atoms with Crippen molar-refractivity contribution in [3.63, 3.8) is 0 Å². The van der Waals surface area contributed by atoms with E-state index in [0.717, 1.165) is 0 Å². The summed E-state index contributed by atoms with van der Waals surface area (Å²) in [6, 6.07) is 7.82. The van der Waals surface area contributed by atoms with Crippen molar-refractivity contribution < 1.29 is 19.2 Å². The maximum atomic E-state index is 12.6. The minimum Gasteiger partial charge on any atom is -0.469 e. The van der Waals surface area contributed by atoms with Gasteiger partial charge in [0.05, 0.1) is 29.8 Å². The molecule has 0 saturated heterocycles. The third-order valence-electron chi connectivity index (χ3n) is 5.71. The Morgan fingerprint density at radius 2 is 1.91 bits per heavy atom. The molecule has 0 aromatic carbocycles. The zero-order valence-electron chi connectivity index (χ0n) is 18.4. The summed E-state index contributed by atoms with van der Waals surface area (Å²) in [6.07, 6.45) is 7.15. The van der Waals surface area contributed by atoms with Crippen LogP contribution in [0.1, 0.15) is 25.7 Å². The maximum Gasteiger partial charge on any atom is 0.311 e. The standard InChI is InChI=1S/C22H23N7O5/c1-34-22(31)15-5-3-14(4-6-15)21(30)26-18-9-7-16(13-23-18)25-20-17(29(32)33)8-10-19(27-20)28-12-2-11-24-28/h2,7-15H,3-6H2,1H3,(H,25,27)(H,23,26,30). The van der Waals surface area contributed by atoms with Gasteiger partial charge in [-0.2, -0.15) is 5.10 Å². The van der Waals surface area contributed by atoms with Crippen LogP contribution in [0.4, 0.5) is 23.0 Å². The molecule has 3 heterocycles. The fourth-order valence-corrected chi connectivity index (χ4v) is 3.88. The molecule has 0 radical (unpaired) electrons. The Hall–Kier alpha value is -4.35. The monoisotopic (exact) mass is 465 g/mol. The number of nitrogens with zero attached hydrogens (tertiary/aromatic N) is 5. The summed E-state index contributed by atoms with van der Waals surface area (Å²) in [7, 11) is 1.37. The Labute approximate surface area is 194 Å². The Bertz CT molecular complexity index is 1170. The third kappa shape index (κ3) is 5.17. The minimum atomic E-state index is -0.529. The summed E-state index contributed by atoms with van der Waals surface area (Å²) in [5, 5.41) is 21.2. The molecule has 3 aromatic heterocycles. The lowest BCUT2D eigenvalue weighted by atomic mass is 9.81. The number of nitro groups is 1. The third-order valence-corrected chi connectivity index (χ3v) is 5.71. The van der Waals surface area contributed by atoms with Gasteiger partial charge in [-0.1, -0.05) is 0 Å². The fourth-order valence-electron chi connectivity index (χ4n) is 3.88. The van der Waals surface area contributed by atoms with Crippen molar-refractivity contribution in [2.24, 2.45) is 11.8 Å². The second-order valence-corrected chi connectivity index (χ2v) is 7.86. The molecule has 12 nitrogen and oxygen atoms in total. The molecule has 1 fully saturated rings. The quantitative estimate of drug-likeness (QED) is 0.304. The topological polar surface area (TPSA) is 154 Å². The van der Waals surface area contributed by atoms with Crippen LogP contribution < -0.4 is 10.6 Å². The summed E-state index contributed by atoms with van der Waals surface area (Å²) in [5.74, 6) is 0.0860. The fraction of sp³-hybridized carbons (Fsp3) is 0.318. The molecular weight excluding hydrogens is 442 g/mol. The minimum absolute atomic E-state index is 0.0407. The van der Waals surface area contributed by atoms with E-state index in [1.54, 1.807) is 30.6 Å². The lowest BCUT2D eigenvalue weighted by Gasteiger charge is -2.25. The van der Waals surface area contributed by atoms with Crippen LogP contribution >= 0.6 is 0 Å². The number of ether oxygens (including phenoxy) is 1. The molecule has 1 aliphatic carbocycles. The van der Waals surface area contributed by atoms with Gasteiger partial charge in [-0.05, 0) is 49.9 Å². The van der Waals surface area contributed by atoms with Gasteiger partial charge in [0.2, 0.25) is 11.7 Å². The molecule has 1 amide bonds. The van der Waals surface area contributed by atoms with Crippen LogP contribution in [-0.2, 0) is 14.3 Å². The van der Waals surface area contributed by atoms with Crippen molar-refractivity contribution in [2.75, 3.05) is 17.7 Å². The first-order valence-corrected chi connectivity index (χ1v) is 10.7. The second-order valence-electron chi connectivity index (χ2n) is 7.86. The Balaban J connectivity index is 1.40. The highest BCUT2D eigenvalue weighted by molar-refractivity contribution is 5.92.